The van der Waals surface area contributed by atoms with Crippen LogP contribution in [0.3, 0.4) is 0 Å². The Kier molecular flexibility index (Phi) is 5.05. The predicted molar refractivity (Wildman–Crippen MR) is 61.1 cm³/mol. The van der Waals surface area contributed by atoms with Gasteiger partial charge in [-0.25, -0.2) is 0 Å². The minimum absolute atomic E-state index is 0.229. The normalized spacial score (nSPS) is 10.4. The van der Waals surface area contributed by atoms with Gasteiger partial charge in [0, 0.05) is 0 Å². The number of rotatable bonds is 5. The van der Waals surface area contributed by atoms with Gasteiger partial charge in [0.15, 0.2) is 0 Å². The predicted octanol–water partition coefficient (Wildman–Crippen LogP) is 2.06. The van der Waals surface area contributed by atoms with E-state index in [0.29, 0.717) is 12.4 Å². The summed E-state index contributed by atoms with van der Waals surface area (Å²) >= 11 is 0. The number of methoxy groups -OCH3 is 1. The van der Waals surface area contributed by atoms with Gasteiger partial charge < -0.3 is 9.47 Å². The van der Waals surface area contributed by atoms with Crippen molar-refractivity contribution in [1.29, 1.82) is 0 Å². The molecule has 0 aromatic carbocycles. The molecule has 16 heavy (non-hydrogen) atoms. The molecule has 0 aliphatic heterocycles. The van der Waals surface area contributed by atoms with Crippen LogP contribution in [0.5, 0.6) is 5.75 Å². The first-order chi connectivity index (χ1) is 7.76. The van der Waals surface area contributed by atoms with Gasteiger partial charge in [-0.1, -0.05) is 6.08 Å². The molecule has 4 heteroatoms. The summed E-state index contributed by atoms with van der Waals surface area (Å²) in [5.41, 5.74) is 0.782. The van der Waals surface area contributed by atoms with Gasteiger partial charge in [0.2, 0.25) is 0 Å². The van der Waals surface area contributed by atoms with Gasteiger partial charge >= 0.3 is 5.97 Å². The highest BCUT2D eigenvalue weighted by Crippen LogP contribution is 2.09. The summed E-state index contributed by atoms with van der Waals surface area (Å²) in [5.74, 6) is 0.481. The Morgan fingerprint density at radius 2 is 2.31 bits per heavy atom. The number of hydrogen-bond acceptors (Lipinski definition) is 4. The number of esters is 1. The van der Waals surface area contributed by atoms with E-state index in [-0.39, 0.29) is 12.4 Å². The van der Waals surface area contributed by atoms with Crippen LogP contribution in [0.2, 0.25) is 0 Å². The van der Waals surface area contributed by atoms with E-state index in [9.17, 15) is 4.79 Å². The fraction of sp³-hybridized carbons (Fsp3) is 0.333. The third-order valence-electron chi connectivity index (χ3n) is 1.87. The Labute approximate surface area is 94.9 Å². The average Bonchev–Trinajstić information content (AvgIpc) is 2.30. The van der Waals surface area contributed by atoms with Gasteiger partial charge in [-0.3, -0.25) is 9.78 Å². The molecule has 0 N–H and O–H groups in total. The Hall–Kier alpha value is -1.84. The van der Waals surface area contributed by atoms with Crippen molar-refractivity contribution in [2.45, 2.75) is 13.3 Å². The highest BCUT2D eigenvalue weighted by atomic mass is 16.5. The SMILES string of the molecule is CCOC(=O)CC=Cc1ccc(OC)cn1. The molecule has 4 nitrogen and oxygen atoms in total. The van der Waals surface area contributed by atoms with Gasteiger partial charge in [-0.15, -0.1) is 0 Å². The maximum atomic E-state index is 11.0. The van der Waals surface area contributed by atoms with Gasteiger partial charge in [0.25, 0.3) is 0 Å². The van der Waals surface area contributed by atoms with Crippen molar-refractivity contribution in [2.75, 3.05) is 13.7 Å². The van der Waals surface area contributed by atoms with Crippen LogP contribution in [-0.2, 0) is 9.53 Å². The van der Waals surface area contributed by atoms with E-state index in [1.54, 1.807) is 32.4 Å². The quantitative estimate of drug-likeness (QED) is 0.714. The summed E-state index contributed by atoms with van der Waals surface area (Å²) in [6.45, 7) is 2.19. The van der Waals surface area contributed by atoms with Crippen LogP contribution in [0.25, 0.3) is 6.08 Å². The molecule has 0 radical (unpaired) electrons. The van der Waals surface area contributed by atoms with Crippen molar-refractivity contribution in [3.63, 3.8) is 0 Å². The second-order valence-corrected chi connectivity index (χ2v) is 3.03. The standard InChI is InChI=1S/C12H15NO3/c1-3-16-12(14)6-4-5-10-7-8-11(15-2)9-13-10/h4-5,7-9H,3,6H2,1-2H3. The van der Waals surface area contributed by atoms with Gasteiger partial charge in [-0.05, 0) is 25.1 Å². The van der Waals surface area contributed by atoms with Gasteiger partial charge in [-0.2, -0.15) is 0 Å². The van der Waals surface area contributed by atoms with Crippen molar-refractivity contribution < 1.29 is 14.3 Å². The zero-order chi connectivity index (χ0) is 11.8. The second kappa shape index (κ2) is 6.61. The molecular formula is C12H15NO3. The molecule has 0 unspecified atom stereocenters. The highest BCUT2D eigenvalue weighted by Gasteiger charge is 1.96. The first kappa shape index (κ1) is 12.2. The molecule has 1 aromatic rings. The van der Waals surface area contributed by atoms with Crippen LogP contribution in [0.15, 0.2) is 24.4 Å². The number of hydrogen-bond donors (Lipinski definition) is 0. The van der Waals surface area contributed by atoms with E-state index in [1.807, 2.05) is 12.1 Å². The molecule has 0 saturated carbocycles. The average molecular weight is 221 g/mol. The highest BCUT2D eigenvalue weighted by molar-refractivity contribution is 5.72. The molecule has 0 amide bonds. The van der Waals surface area contributed by atoms with Crippen molar-refractivity contribution in [2.24, 2.45) is 0 Å². The van der Waals surface area contributed by atoms with E-state index < -0.39 is 0 Å². The molecule has 0 aliphatic rings. The van der Waals surface area contributed by atoms with Crippen LogP contribution in [-0.4, -0.2) is 24.7 Å². The third kappa shape index (κ3) is 4.13. The minimum atomic E-state index is -0.229. The van der Waals surface area contributed by atoms with Crippen LogP contribution < -0.4 is 4.74 Å². The number of ether oxygens (including phenoxy) is 2. The van der Waals surface area contributed by atoms with Gasteiger partial charge in [0.1, 0.15) is 5.75 Å². The molecule has 0 bridgehead atoms. The lowest BCUT2D eigenvalue weighted by Gasteiger charge is -1.98. The molecule has 1 aromatic heterocycles. The van der Waals surface area contributed by atoms with Crippen LogP contribution in [0.1, 0.15) is 19.0 Å². The minimum Gasteiger partial charge on any atom is -0.495 e. The molecule has 86 valence electrons. The topological polar surface area (TPSA) is 48.4 Å². The maximum Gasteiger partial charge on any atom is 0.309 e. The number of aromatic nitrogens is 1. The monoisotopic (exact) mass is 221 g/mol. The van der Waals surface area contributed by atoms with E-state index in [4.69, 9.17) is 9.47 Å². The zero-order valence-corrected chi connectivity index (χ0v) is 9.47. The van der Waals surface area contributed by atoms with E-state index >= 15 is 0 Å². The smallest absolute Gasteiger partial charge is 0.309 e. The third-order valence-corrected chi connectivity index (χ3v) is 1.87. The summed E-state index contributed by atoms with van der Waals surface area (Å²) in [6, 6.07) is 3.64. The van der Waals surface area contributed by atoms with Crippen molar-refractivity contribution in [3.8, 4) is 5.75 Å². The molecule has 1 heterocycles. The van der Waals surface area contributed by atoms with Crippen molar-refractivity contribution in [1.82, 2.24) is 4.98 Å². The number of carbonyl (C=O) groups excluding carboxylic acids is 1. The summed E-state index contributed by atoms with van der Waals surface area (Å²) in [4.78, 5) is 15.1. The summed E-state index contributed by atoms with van der Waals surface area (Å²) in [5, 5.41) is 0. The number of pyridine rings is 1. The molecule has 0 atom stereocenters. The summed E-state index contributed by atoms with van der Waals surface area (Å²) in [6.07, 6.45) is 5.40. The van der Waals surface area contributed by atoms with Crippen LogP contribution in [0.4, 0.5) is 0 Å². The van der Waals surface area contributed by atoms with E-state index in [1.165, 1.54) is 0 Å². The van der Waals surface area contributed by atoms with Crippen molar-refractivity contribution >= 4 is 12.0 Å². The maximum absolute atomic E-state index is 11.0. The summed E-state index contributed by atoms with van der Waals surface area (Å²) in [7, 11) is 1.59. The Morgan fingerprint density at radius 1 is 1.50 bits per heavy atom. The lowest BCUT2D eigenvalue weighted by molar-refractivity contribution is -0.142. The Morgan fingerprint density at radius 3 is 2.88 bits per heavy atom. The first-order valence-corrected chi connectivity index (χ1v) is 5.08. The fourth-order valence-corrected chi connectivity index (χ4v) is 1.11. The largest absolute Gasteiger partial charge is 0.495 e. The molecule has 0 fully saturated rings. The van der Waals surface area contributed by atoms with E-state index in [2.05, 4.69) is 4.98 Å². The Balaban J connectivity index is 2.46. The molecule has 0 spiro atoms. The summed E-state index contributed by atoms with van der Waals surface area (Å²) < 4.78 is 9.77. The lowest BCUT2D eigenvalue weighted by Crippen LogP contribution is -2.01. The van der Waals surface area contributed by atoms with Gasteiger partial charge in [0.05, 0.1) is 32.0 Å². The van der Waals surface area contributed by atoms with Crippen LogP contribution >= 0.6 is 0 Å². The zero-order valence-electron chi connectivity index (χ0n) is 9.47. The van der Waals surface area contributed by atoms with E-state index in [0.717, 1.165) is 5.69 Å². The second-order valence-electron chi connectivity index (χ2n) is 3.03. The van der Waals surface area contributed by atoms with Crippen molar-refractivity contribution in [3.05, 3.63) is 30.1 Å². The fourth-order valence-electron chi connectivity index (χ4n) is 1.11. The molecule has 0 aliphatic carbocycles. The molecular weight excluding hydrogens is 206 g/mol. The van der Waals surface area contributed by atoms with Crippen LogP contribution in [0, 0.1) is 0 Å². The first-order valence-electron chi connectivity index (χ1n) is 5.08. The lowest BCUT2D eigenvalue weighted by atomic mass is 10.3. The molecule has 0 saturated heterocycles. The number of carbonyl (C=O) groups is 1. The molecule has 1 rings (SSSR count). The number of nitrogens with zero attached hydrogens (tertiary/aromatic N) is 1. The Bertz CT molecular complexity index is 357.